The van der Waals surface area contributed by atoms with Crippen LogP contribution in [0, 0.1) is 22.7 Å². The number of nitrogens with one attached hydrogen (secondary N) is 1. The van der Waals surface area contributed by atoms with Crippen LogP contribution in [-0.4, -0.2) is 11.2 Å². The number of rotatable bonds is 5. The molecule has 0 aromatic heterocycles. The first-order valence-electron chi connectivity index (χ1n) is 6.74. The monoisotopic (exact) mass is 341 g/mol. The number of benzene rings is 2. The van der Waals surface area contributed by atoms with Crippen molar-refractivity contribution in [3.8, 4) is 12.1 Å². The molecule has 0 aliphatic heterocycles. The average molecular weight is 342 g/mol. The minimum atomic E-state index is -0.488. The molecule has 0 radical (unpaired) electrons. The molecule has 23 heavy (non-hydrogen) atoms. The Morgan fingerprint density at radius 2 is 1.87 bits per heavy atom. The van der Waals surface area contributed by atoms with Crippen molar-refractivity contribution >= 4 is 35.0 Å². The van der Waals surface area contributed by atoms with Crippen LogP contribution < -0.4 is 5.32 Å². The Hall–Kier alpha value is -2.47. The van der Waals surface area contributed by atoms with Crippen molar-refractivity contribution in [1.29, 1.82) is 10.5 Å². The quantitative estimate of drug-likeness (QED) is 0.813. The van der Waals surface area contributed by atoms with E-state index in [4.69, 9.17) is 22.1 Å². The second-order valence-corrected chi connectivity index (χ2v) is 6.18. The summed E-state index contributed by atoms with van der Waals surface area (Å²) in [5.74, 6) is -0.322. The maximum Gasteiger partial charge on any atom is 0.257 e. The summed E-state index contributed by atoms with van der Waals surface area (Å²) in [6, 6.07) is 18.0. The number of hydrogen-bond donors (Lipinski definition) is 1. The summed E-state index contributed by atoms with van der Waals surface area (Å²) >= 11 is 7.28. The first-order valence-corrected chi connectivity index (χ1v) is 7.99. The van der Waals surface area contributed by atoms with Crippen LogP contribution in [0.3, 0.4) is 0 Å². The van der Waals surface area contributed by atoms with E-state index in [2.05, 4.69) is 11.4 Å². The average Bonchev–Trinajstić information content (AvgIpc) is 2.56. The minimum Gasteiger partial charge on any atom is -0.321 e. The lowest BCUT2D eigenvalue weighted by Gasteiger charge is -2.12. The highest BCUT2D eigenvalue weighted by molar-refractivity contribution is 8.00. The number of carbonyl (C=O) groups is 1. The number of thioether (sulfide) groups is 1. The highest BCUT2D eigenvalue weighted by Gasteiger charge is 2.15. The molecule has 1 atom stereocenters. The van der Waals surface area contributed by atoms with E-state index in [1.165, 1.54) is 11.8 Å². The molecule has 0 saturated heterocycles. The number of hydrogen-bond acceptors (Lipinski definition) is 4. The fraction of sp³-hybridized carbons (Fsp3) is 0.118. The molecule has 2 aromatic carbocycles. The van der Waals surface area contributed by atoms with Gasteiger partial charge in [-0.15, -0.1) is 11.8 Å². The van der Waals surface area contributed by atoms with Crippen LogP contribution in [0.25, 0.3) is 0 Å². The Kier molecular flexibility index (Phi) is 6.05. The second kappa shape index (κ2) is 8.24. The SMILES string of the molecule is N#CCC(C#N)Sc1ccccc1NC(=O)c1ccccc1Cl. The summed E-state index contributed by atoms with van der Waals surface area (Å²) < 4.78 is 0. The van der Waals surface area contributed by atoms with E-state index >= 15 is 0 Å². The fourth-order valence-electron chi connectivity index (χ4n) is 1.86. The number of carbonyl (C=O) groups excluding carboxylic acids is 1. The Morgan fingerprint density at radius 1 is 1.17 bits per heavy atom. The van der Waals surface area contributed by atoms with Gasteiger partial charge in [0.25, 0.3) is 5.91 Å². The van der Waals surface area contributed by atoms with E-state index in [9.17, 15) is 4.79 Å². The molecule has 1 amide bonds. The van der Waals surface area contributed by atoms with Gasteiger partial charge in [-0.2, -0.15) is 10.5 Å². The van der Waals surface area contributed by atoms with Gasteiger partial charge in [0.2, 0.25) is 0 Å². The molecule has 0 spiro atoms. The number of para-hydroxylation sites is 1. The van der Waals surface area contributed by atoms with Crippen molar-refractivity contribution in [3.63, 3.8) is 0 Å². The molecule has 0 bridgehead atoms. The van der Waals surface area contributed by atoms with Gasteiger partial charge in [0.05, 0.1) is 34.8 Å². The van der Waals surface area contributed by atoms with Crippen molar-refractivity contribution in [2.75, 3.05) is 5.32 Å². The summed E-state index contributed by atoms with van der Waals surface area (Å²) in [6.45, 7) is 0. The van der Waals surface area contributed by atoms with E-state index in [-0.39, 0.29) is 12.3 Å². The summed E-state index contributed by atoms with van der Waals surface area (Å²) in [6.07, 6.45) is 0.119. The zero-order valence-corrected chi connectivity index (χ0v) is 13.6. The maximum absolute atomic E-state index is 12.3. The van der Waals surface area contributed by atoms with Gasteiger partial charge in [-0.3, -0.25) is 4.79 Å². The highest BCUT2D eigenvalue weighted by Crippen LogP contribution is 2.32. The second-order valence-electron chi connectivity index (χ2n) is 4.53. The number of anilines is 1. The van der Waals surface area contributed by atoms with Gasteiger partial charge in [-0.05, 0) is 24.3 Å². The predicted molar refractivity (Wildman–Crippen MR) is 91.3 cm³/mol. The summed E-state index contributed by atoms with van der Waals surface area (Å²) in [7, 11) is 0. The third-order valence-electron chi connectivity index (χ3n) is 2.94. The topological polar surface area (TPSA) is 76.7 Å². The van der Waals surface area contributed by atoms with Gasteiger partial charge in [0.15, 0.2) is 0 Å². The van der Waals surface area contributed by atoms with E-state index in [1.54, 1.807) is 42.5 Å². The molecule has 0 aliphatic rings. The van der Waals surface area contributed by atoms with Crippen molar-refractivity contribution < 1.29 is 4.79 Å². The van der Waals surface area contributed by atoms with Crippen molar-refractivity contribution in [2.45, 2.75) is 16.6 Å². The highest BCUT2D eigenvalue weighted by atomic mass is 35.5. The molecular formula is C17H12ClN3OS. The number of halogens is 1. The van der Waals surface area contributed by atoms with Crippen LogP contribution in [0.2, 0.25) is 5.02 Å². The fourth-order valence-corrected chi connectivity index (χ4v) is 3.00. The van der Waals surface area contributed by atoms with Crippen LogP contribution in [0.1, 0.15) is 16.8 Å². The van der Waals surface area contributed by atoms with Gasteiger partial charge in [0, 0.05) is 4.90 Å². The third-order valence-corrected chi connectivity index (χ3v) is 4.44. The zero-order valence-electron chi connectivity index (χ0n) is 12.0. The van der Waals surface area contributed by atoms with E-state index in [0.717, 1.165) is 4.90 Å². The Bertz CT molecular complexity index is 795. The molecule has 4 nitrogen and oxygen atoms in total. The zero-order chi connectivity index (χ0) is 16.7. The van der Waals surface area contributed by atoms with Crippen molar-refractivity contribution in [1.82, 2.24) is 0 Å². The van der Waals surface area contributed by atoms with Crippen LogP contribution in [-0.2, 0) is 0 Å². The summed E-state index contributed by atoms with van der Waals surface area (Å²) in [5, 5.41) is 20.5. The van der Waals surface area contributed by atoms with Gasteiger partial charge in [0.1, 0.15) is 5.25 Å². The molecule has 6 heteroatoms. The Morgan fingerprint density at radius 3 is 2.57 bits per heavy atom. The summed E-state index contributed by atoms with van der Waals surface area (Å²) in [4.78, 5) is 13.1. The number of amides is 1. The Balaban J connectivity index is 2.21. The number of nitrogens with zero attached hydrogens (tertiary/aromatic N) is 2. The molecule has 0 aliphatic carbocycles. The number of nitriles is 2. The lowest BCUT2D eigenvalue weighted by molar-refractivity contribution is 0.102. The van der Waals surface area contributed by atoms with Crippen LogP contribution in [0.15, 0.2) is 53.4 Å². The Labute approximate surface area is 143 Å². The molecule has 1 N–H and O–H groups in total. The van der Waals surface area contributed by atoms with Crippen LogP contribution in [0.4, 0.5) is 5.69 Å². The molecular weight excluding hydrogens is 330 g/mol. The van der Waals surface area contributed by atoms with Crippen molar-refractivity contribution in [2.24, 2.45) is 0 Å². The van der Waals surface area contributed by atoms with Crippen LogP contribution in [0.5, 0.6) is 0 Å². The molecule has 114 valence electrons. The van der Waals surface area contributed by atoms with E-state index in [1.807, 2.05) is 12.1 Å². The maximum atomic E-state index is 12.3. The van der Waals surface area contributed by atoms with Gasteiger partial charge < -0.3 is 5.32 Å². The smallest absolute Gasteiger partial charge is 0.257 e. The minimum absolute atomic E-state index is 0.119. The largest absolute Gasteiger partial charge is 0.321 e. The van der Waals surface area contributed by atoms with E-state index in [0.29, 0.717) is 16.3 Å². The van der Waals surface area contributed by atoms with Gasteiger partial charge in [-0.25, -0.2) is 0 Å². The van der Waals surface area contributed by atoms with Crippen LogP contribution >= 0.6 is 23.4 Å². The standard InChI is InChI=1S/C17H12ClN3OS/c18-14-6-2-1-5-13(14)17(22)21-15-7-3-4-8-16(15)23-12(11-20)9-10-19/h1-8,12H,9H2,(H,21,22). The lowest BCUT2D eigenvalue weighted by Crippen LogP contribution is -2.13. The first kappa shape index (κ1) is 16.9. The predicted octanol–water partition coefficient (Wildman–Crippen LogP) is 4.49. The van der Waals surface area contributed by atoms with Gasteiger partial charge >= 0.3 is 0 Å². The molecule has 0 heterocycles. The lowest BCUT2D eigenvalue weighted by atomic mass is 10.2. The summed E-state index contributed by atoms with van der Waals surface area (Å²) in [5.41, 5.74) is 0.962. The molecule has 0 saturated carbocycles. The first-order chi connectivity index (χ1) is 11.2. The molecule has 2 rings (SSSR count). The van der Waals surface area contributed by atoms with Crippen molar-refractivity contribution in [3.05, 3.63) is 59.1 Å². The molecule has 2 aromatic rings. The normalized spacial score (nSPS) is 11.1. The van der Waals surface area contributed by atoms with E-state index < -0.39 is 5.25 Å². The molecule has 1 unspecified atom stereocenters. The molecule has 0 fully saturated rings. The third kappa shape index (κ3) is 4.50. The van der Waals surface area contributed by atoms with Gasteiger partial charge in [-0.1, -0.05) is 35.9 Å².